The smallest absolute Gasteiger partial charge is 0.226 e. The van der Waals surface area contributed by atoms with Gasteiger partial charge in [0.1, 0.15) is 5.82 Å². The molecule has 6 nitrogen and oxygen atoms in total. The van der Waals surface area contributed by atoms with Gasteiger partial charge in [-0.3, -0.25) is 5.10 Å². The number of aromatic amines is 1. The minimum absolute atomic E-state index is 0.198. The molecule has 0 aromatic carbocycles. The first kappa shape index (κ1) is 11.2. The summed E-state index contributed by atoms with van der Waals surface area (Å²) in [6.45, 7) is 0.661. The van der Waals surface area contributed by atoms with Gasteiger partial charge >= 0.3 is 0 Å². The van der Waals surface area contributed by atoms with Crippen molar-refractivity contribution >= 4 is 28.5 Å². The molecule has 2 aromatic heterocycles. The number of fused-ring (bicyclic) bond motifs is 1. The molecule has 0 radical (unpaired) electrons. The van der Waals surface area contributed by atoms with Crippen LogP contribution in [0.3, 0.4) is 0 Å². The van der Waals surface area contributed by atoms with E-state index in [1.807, 2.05) is 0 Å². The van der Waals surface area contributed by atoms with Crippen LogP contribution in [0.1, 0.15) is 19.3 Å². The lowest BCUT2D eigenvalue weighted by molar-refractivity contribution is 0.781. The summed E-state index contributed by atoms with van der Waals surface area (Å²) in [5, 5.41) is 16.5. The van der Waals surface area contributed by atoms with Gasteiger partial charge in [-0.1, -0.05) is 0 Å². The first-order valence-electron chi connectivity index (χ1n) is 5.80. The molecule has 1 N–H and O–H groups in total. The van der Waals surface area contributed by atoms with Crippen LogP contribution in [0.5, 0.6) is 0 Å². The number of H-pyrrole nitrogens is 1. The zero-order valence-electron chi connectivity index (χ0n) is 9.60. The quantitative estimate of drug-likeness (QED) is 0.851. The van der Waals surface area contributed by atoms with E-state index in [-0.39, 0.29) is 5.28 Å². The van der Waals surface area contributed by atoms with Crippen LogP contribution in [0.15, 0.2) is 6.20 Å². The minimum atomic E-state index is 0.198. The molecule has 2 aromatic rings. The van der Waals surface area contributed by atoms with Crippen molar-refractivity contribution in [1.29, 1.82) is 5.26 Å². The second kappa shape index (κ2) is 4.42. The van der Waals surface area contributed by atoms with Crippen LogP contribution in [0.25, 0.3) is 11.0 Å². The molecule has 2 heterocycles. The molecule has 18 heavy (non-hydrogen) atoms. The zero-order valence-corrected chi connectivity index (χ0v) is 10.4. The molecular formula is C11H11ClN6. The maximum atomic E-state index is 8.74. The maximum absolute atomic E-state index is 8.74. The van der Waals surface area contributed by atoms with E-state index in [1.165, 1.54) is 0 Å². The number of rotatable bonds is 4. The summed E-state index contributed by atoms with van der Waals surface area (Å²) in [6, 6.07) is 2.63. The molecule has 0 amide bonds. The fraction of sp³-hybridized carbons (Fsp3) is 0.455. The van der Waals surface area contributed by atoms with Crippen LogP contribution in [0, 0.1) is 11.3 Å². The van der Waals surface area contributed by atoms with Crippen molar-refractivity contribution in [2.24, 2.45) is 0 Å². The van der Waals surface area contributed by atoms with Crippen LogP contribution in [-0.2, 0) is 0 Å². The molecule has 1 fully saturated rings. The average Bonchev–Trinajstić information content (AvgIpc) is 3.08. The number of hydrogen-bond donors (Lipinski definition) is 1. The Hall–Kier alpha value is -1.87. The van der Waals surface area contributed by atoms with Crippen LogP contribution in [0.4, 0.5) is 5.82 Å². The first-order chi connectivity index (χ1) is 8.79. The van der Waals surface area contributed by atoms with Gasteiger partial charge in [0, 0.05) is 12.6 Å². The van der Waals surface area contributed by atoms with E-state index in [0.29, 0.717) is 24.7 Å². The molecular weight excluding hydrogens is 252 g/mol. The van der Waals surface area contributed by atoms with Crippen LogP contribution in [-0.4, -0.2) is 32.8 Å². The highest BCUT2D eigenvalue weighted by Gasteiger charge is 2.31. The second-order valence-electron chi connectivity index (χ2n) is 4.28. The Morgan fingerprint density at radius 1 is 1.50 bits per heavy atom. The molecule has 1 aliphatic rings. The number of hydrogen-bond acceptors (Lipinski definition) is 5. The molecule has 3 rings (SSSR count). The summed E-state index contributed by atoms with van der Waals surface area (Å²) in [5.74, 6) is 0.775. The normalized spacial score (nSPS) is 14.7. The SMILES string of the molecule is N#CCCN(c1nc(Cl)nc2[nH]ncc12)C1CC1. The lowest BCUT2D eigenvalue weighted by atomic mass is 10.3. The molecule has 0 unspecified atom stereocenters. The Kier molecular flexibility index (Phi) is 2.76. The molecule has 7 heteroatoms. The summed E-state index contributed by atoms with van der Waals surface area (Å²) >= 11 is 5.92. The van der Waals surface area contributed by atoms with E-state index in [0.717, 1.165) is 24.0 Å². The van der Waals surface area contributed by atoms with Gasteiger partial charge in [0.15, 0.2) is 5.65 Å². The predicted octanol–water partition coefficient (Wildman–Crippen LogP) is 1.89. The average molecular weight is 263 g/mol. The van der Waals surface area contributed by atoms with Crippen molar-refractivity contribution in [2.75, 3.05) is 11.4 Å². The van der Waals surface area contributed by atoms with E-state index in [2.05, 4.69) is 31.1 Å². The maximum Gasteiger partial charge on any atom is 0.226 e. The van der Waals surface area contributed by atoms with Crippen LogP contribution in [0.2, 0.25) is 5.28 Å². The van der Waals surface area contributed by atoms with Gasteiger partial charge in [-0.05, 0) is 24.4 Å². The van der Waals surface area contributed by atoms with Gasteiger partial charge in [0.2, 0.25) is 5.28 Å². The van der Waals surface area contributed by atoms with Crippen molar-refractivity contribution in [3.05, 3.63) is 11.5 Å². The lowest BCUT2D eigenvalue weighted by Gasteiger charge is -2.22. The fourth-order valence-electron chi connectivity index (χ4n) is 2.03. The molecule has 0 aliphatic heterocycles. The van der Waals surface area contributed by atoms with E-state index in [9.17, 15) is 0 Å². The summed E-state index contributed by atoms with van der Waals surface area (Å²) < 4.78 is 0. The third kappa shape index (κ3) is 1.97. The van der Waals surface area contributed by atoms with Crippen molar-refractivity contribution in [2.45, 2.75) is 25.3 Å². The molecule has 1 aliphatic carbocycles. The summed E-state index contributed by atoms with van der Waals surface area (Å²) in [7, 11) is 0. The van der Waals surface area contributed by atoms with Gasteiger partial charge in [-0.2, -0.15) is 20.3 Å². The van der Waals surface area contributed by atoms with E-state index in [1.54, 1.807) is 6.20 Å². The molecule has 0 saturated heterocycles. The molecule has 92 valence electrons. The van der Waals surface area contributed by atoms with Crippen molar-refractivity contribution in [1.82, 2.24) is 20.2 Å². The predicted molar refractivity (Wildman–Crippen MR) is 67.3 cm³/mol. The van der Waals surface area contributed by atoms with E-state index < -0.39 is 0 Å². The Labute approximate surface area is 109 Å². The van der Waals surface area contributed by atoms with Crippen molar-refractivity contribution < 1.29 is 0 Å². The summed E-state index contributed by atoms with van der Waals surface area (Å²) in [5.41, 5.74) is 0.632. The Bertz CT molecular complexity index is 612. The fourth-order valence-corrected chi connectivity index (χ4v) is 2.19. The van der Waals surface area contributed by atoms with E-state index >= 15 is 0 Å². The Morgan fingerprint density at radius 2 is 2.33 bits per heavy atom. The number of nitrogens with one attached hydrogen (secondary N) is 1. The van der Waals surface area contributed by atoms with E-state index in [4.69, 9.17) is 16.9 Å². The Balaban J connectivity index is 2.04. The van der Waals surface area contributed by atoms with Crippen molar-refractivity contribution in [3.8, 4) is 6.07 Å². The zero-order chi connectivity index (χ0) is 12.5. The topological polar surface area (TPSA) is 81.5 Å². The molecule has 0 atom stereocenters. The second-order valence-corrected chi connectivity index (χ2v) is 4.62. The van der Waals surface area contributed by atoms with Crippen molar-refractivity contribution in [3.63, 3.8) is 0 Å². The highest BCUT2D eigenvalue weighted by molar-refractivity contribution is 6.28. The number of nitrogens with zero attached hydrogens (tertiary/aromatic N) is 5. The summed E-state index contributed by atoms with van der Waals surface area (Å²) in [4.78, 5) is 10.5. The molecule has 1 saturated carbocycles. The number of halogens is 1. The first-order valence-corrected chi connectivity index (χ1v) is 6.17. The monoisotopic (exact) mass is 262 g/mol. The third-order valence-electron chi connectivity index (χ3n) is 2.99. The van der Waals surface area contributed by atoms with Crippen LogP contribution < -0.4 is 4.90 Å². The highest BCUT2D eigenvalue weighted by atomic mass is 35.5. The van der Waals surface area contributed by atoms with Gasteiger partial charge in [-0.25, -0.2) is 0 Å². The third-order valence-corrected chi connectivity index (χ3v) is 3.16. The van der Waals surface area contributed by atoms with Gasteiger partial charge in [-0.15, -0.1) is 0 Å². The van der Waals surface area contributed by atoms with Gasteiger partial charge in [0.05, 0.1) is 24.1 Å². The largest absolute Gasteiger partial charge is 0.352 e. The summed E-state index contributed by atoms with van der Waals surface area (Å²) in [6.07, 6.45) is 4.43. The lowest BCUT2D eigenvalue weighted by Crippen LogP contribution is -2.27. The standard InChI is InChI=1S/C11H11ClN6/c12-11-15-9-8(6-14-17-9)10(16-11)18(5-1-4-13)7-2-3-7/h6-7H,1-3,5H2,(H,14,15,16,17). The van der Waals surface area contributed by atoms with Gasteiger partial charge in [0.25, 0.3) is 0 Å². The number of aromatic nitrogens is 4. The minimum Gasteiger partial charge on any atom is -0.352 e. The highest BCUT2D eigenvalue weighted by Crippen LogP contribution is 2.34. The molecule has 0 bridgehead atoms. The number of anilines is 1. The molecule has 0 spiro atoms. The number of nitriles is 1. The van der Waals surface area contributed by atoms with Gasteiger partial charge < -0.3 is 4.90 Å². The van der Waals surface area contributed by atoms with Crippen LogP contribution >= 0.6 is 11.6 Å². The Morgan fingerprint density at radius 3 is 3.06 bits per heavy atom.